The molecule has 216 valence electrons. The van der Waals surface area contributed by atoms with Gasteiger partial charge in [0.25, 0.3) is 0 Å². The van der Waals surface area contributed by atoms with Gasteiger partial charge in [0.1, 0.15) is 11.6 Å². The first-order chi connectivity index (χ1) is 20.7. The maximum atomic E-state index is 6.28. The van der Waals surface area contributed by atoms with E-state index in [1.165, 1.54) is 10.9 Å². The summed E-state index contributed by atoms with van der Waals surface area (Å²) in [7, 11) is 0. The normalized spacial score (nSPS) is 14.3. The summed E-state index contributed by atoms with van der Waals surface area (Å²) in [4.78, 5) is 15.9. The Morgan fingerprint density at radius 1 is 0.833 bits per heavy atom. The second kappa shape index (κ2) is 13.8. The molecule has 1 fully saturated rings. The molecule has 2 N–H and O–H groups in total. The van der Waals surface area contributed by atoms with Crippen molar-refractivity contribution in [3.05, 3.63) is 95.9 Å². The highest BCUT2D eigenvalue weighted by atomic mass is 35.5. The fourth-order valence-electron chi connectivity index (χ4n) is 5.64. The number of nitrogens with one attached hydrogen (secondary N) is 2. The highest BCUT2D eigenvalue weighted by molar-refractivity contribution is 6.28. The topological polar surface area (TPSA) is 75.2 Å². The highest BCUT2D eigenvalue weighted by Gasteiger charge is 2.20. The summed E-state index contributed by atoms with van der Waals surface area (Å²) in [6.45, 7) is 5.65. The first-order valence-electron chi connectivity index (χ1n) is 14.9. The summed E-state index contributed by atoms with van der Waals surface area (Å²) in [5.41, 5.74) is 4.31. The Labute approximate surface area is 252 Å². The molecule has 0 atom stereocenters. The number of ether oxygens (including phenoxy) is 1. The van der Waals surface area contributed by atoms with Crippen molar-refractivity contribution in [3.8, 4) is 5.75 Å². The molecule has 2 aromatic heterocycles. The lowest BCUT2D eigenvalue weighted by Gasteiger charge is -2.32. The standard InChI is InChI=1S/C34H37ClN6O/c35-34-39-32-23-27(12-13-29(32)33(40-34)38-17-6-9-25-7-2-1-3-8-25)42-24-26-15-20-41(21-16-26)22-19-37-31-14-18-36-30-11-5-4-10-28(30)31/h1-5,7-8,10-14,18,23,26H,6,9,15-17,19-22,24H2,(H,36,37)(H,38,39,40). The molecule has 42 heavy (non-hydrogen) atoms. The molecule has 3 aromatic carbocycles. The minimum atomic E-state index is 0.240. The number of benzene rings is 3. The van der Waals surface area contributed by atoms with Gasteiger partial charge in [-0.25, -0.2) is 9.97 Å². The minimum Gasteiger partial charge on any atom is -0.493 e. The van der Waals surface area contributed by atoms with Crippen LogP contribution in [0.2, 0.25) is 5.28 Å². The average Bonchev–Trinajstić information content (AvgIpc) is 3.03. The average molecular weight is 581 g/mol. The second-order valence-electron chi connectivity index (χ2n) is 10.9. The van der Waals surface area contributed by atoms with Gasteiger partial charge in [-0.3, -0.25) is 4.98 Å². The van der Waals surface area contributed by atoms with Gasteiger partial charge >= 0.3 is 0 Å². The van der Waals surface area contributed by atoms with Crippen LogP contribution in [0.5, 0.6) is 5.75 Å². The zero-order chi connectivity index (χ0) is 28.6. The third-order valence-corrected chi connectivity index (χ3v) is 8.17. The Morgan fingerprint density at radius 2 is 1.67 bits per heavy atom. The van der Waals surface area contributed by atoms with Gasteiger partial charge in [0.05, 0.1) is 17.6 Å². The molecule has 1 aliphatic rings. The molecule has 8 heteroatoms. The lowest BCUT2D eigenvalue weighted by Crippen LogP contribution is -2.38. The van der Waals surface area contributed by atoms with Crippen molar-refractivity contribution in [3.63, 3.8) is 0 Å². The van der Waals surface area contributed by atoms with Crippen molar-refractivity contribution < 1.29 is 4.74 Å². The Bertz CT molecular complexity index is 1600. The maximum Gasteiger partial charge on any atom is 0.224 e. The van der Waals surface area contributed by atoms with Gasteiger partial charge in [-0.15, -0.1) is 0 Å². The molecule has 0 saturated carbocycles. The van der Waals surface area contributed by atoms with Crippen LogP contribution in [0.1, 0.15) is 24.8 Å². The number of para-hydroxylation sites is 1. The van der Waals surface area contributed by atoms with Crippen molar-refractivity contribution in [2.75, 3.05) is 50.0 Å². The maximum absolute atomic E-state index is 6.28. The molecule has 0 radical (unpaired) electrons. The highest BCUT2D eigenvalue weighted by Crippen LogP contribution is 2.27. The van der Waals surface area contributed by atoms with E-state index in [4.69, 9.17) is 16.3 Å². The van der Waals surface area contributed by atoms with Crippen LogP contribution in [0.15, 0.2) is 85.1 Å². The molecule has 0 amide bonds. The number of rotatable bonds is 12. The van der Waals surface area contributed by atoms with Crippen molar-refractivity contribution in [1.82, 2.24) is 19.9 Å². The second-order valence-corrected chi connectivity index (χ2v) is 11.3. The number of likely N-dealkylation sites (tertiary alicyclic amines) is 1. The van der Waals surface area contributed by atoms with Gasteiger partial charge in [-0.2, -0.15) is 0 Å². The van der Waals surface area contributed by atoms with Gasteiger partial charge in [-0.1, -0.05) is 48.5 Å². The van der Waals surface area contributed by atoms with E-state index in [9.17, 15) is 0 Å². The largest absolute Gasteiger partial charge is 0.493 e. The SMILES string of the molecule is Clc1nc(NCCCc2ccccc2)c2ccc(OCC3CCN(CCNc4ccnc5ccccc45)CC3)cc2n1. The summed E-state index contributed by atoms with van der Waals surface area (Å²) in [5, 5.41) is 9.42. The Hall–Kier alpha value is -3.94. The van der Waals surface area contributed by atoms with Crippen LogP contribution in [-0.2, 0) is 6.42 Å². The lowest BCUT2D eigenvalue weighted by molar-refractivity contribution is 0.145. The number of hydrogen-bond donors (Lipinski definition) is 2. The number of aryl methyl sites for hydroxylation is 1. The van der Waals surface area contributed by atoms with Crippen LogP contribution in [0.25, 0.3) is 21.8 Å². The van der Waals surface area contributed by atoms with Gasteiger partial charge in [0.2, 0.25) is 5.28 Å². The predicted octanol–water partition coefficient (Wildman–Crippen LogP) is 7.08. The van der Waals surface area contributed by atoms with E-state index in [2.05, 4.69) is 79.0 Å². The zero-order valence-corrected chi connectivity index (χ0v) is 24.6. The number of piperidine rings is 1. The summed E-state index contributed by atoms with van der Waals surface area (Å²) in [6.07, 6.45) is 6.16. The molecule has 1 saturated heterocycles. The van der Waals surface area contributed by atoms with E-state index in [-0.39, 0.29) is 5.28 Å². The minimum absolute atomic E-state index is 0.240. The van der Waals surface area contributed by atoms with Crippen LogP contribution in [0.3, 0.4) is 0 Å². The molecule has 5 aromatic rings. The molecule has 0 spiro atoms. The van der Waals surface area contributed by atoms with E-state index in [1.807, 2.05) is 36.5 Å². The summed E-state index contributed by atoms with van der Waals surface area (Å²) < 4.78 is 6.24. The molecule has 6 rings (SSSR count). The van der Waals surface area contributed by atoms with E-state index in [1.54, 1.807) is 0 Å². The summed E-state index contributed by atoms with van der Waals surface area (Å²) in [6, 6.07) is 26.9. The van der Waals surface area contributed by atoms with E-state index < -0.39 is 0 Å². The van der Waals surface area contributed by atoms with Crippen molar-refractivity contribution in [2.45, 2.75) is 25.7 Å². The lowest BCUT2D eigenvalue weighted by atomic mass is 9.98. The van der Waals surface area contributed by atoms with Gasteiger partial charge in [-0.05, 0) is 86.1 Å². The van der Waals surface area contributed by atoms with Crippen LogP contribution in [0.4, 0.5) is 11.5 Å². The number of aromatic nitrogens is 3. The molecule has 0 bridgehead atoms. The first-order valence-corrected chi connectivity index (χ1v) is 15.3. The molecule has 1 aliphatic heterocycles. The van der Waals surface area contributed by atoms with Crippen LogP contribution in [0, 0.1) is 5.92 Å². The number of halogens is 1. The first kappa shape index (κ1) is 28.2. The van der Waals surface area contributed by atoms with Crippen LogP contribution in [-0.4, -0.2) is 59.2 Å². The number of pyridine rings is 1. The molecule has 7 nitrogen and oxygen atoms in total. The van der Waals surface area contributed by atoms with Crippen molar-refractivity contribution in [2.24, 2.45) is 5.92 Å². The van der Waals surface area contributed by atoms with Gasteiger partial charge in [0.15, 0.2) is 0 Å². The fraction of sp³-hybridized carbons (Fsp3) is 0.324. The number of anilines is 2. The third-order valence-electron chi connectivity index (χ3n) is 8.00. The Kier molecular flexibility index (Phi) is 9.27. The monoisotopic (exact) mass is 580 g/mol. The molecular weight excluding hydrogens is 544 g/mol. The fourth-order valence-corrected chi connectivity index (χ4v) is 5.81. The van der Waals surface area contributed by atoms with E-state index >= 15 is 0 Å². The van der Waals surface area contributed by atoms with E-state index in [0.717, 1.165) is 92.1 Å². The number of nitrogens with zero attached hydrogens (tertiary/aromatic N) is 4. The third kappa shape index (κ3) is 7.27. The van der Waals surface area contributed by atoms with Crippen molar-refractivity contribution in [1.29, 1.82) is 0 Å². The summed E-state index contributed by atoms with van der Waals surface area (Å²) in [5.74, 6) is 2.14. The van der Waals surface area contributed by atoms with Gasteiger partial charge < -0.3 is 20.3 Å². The van der Waals surface area contributed by atoms with Crippen LogP contribution >= 0.6 is 11.6 Å². The smallest absolute Gasteiger partial charge is 0.224 e. The quantitative estimate of drug-likeness (QED) is 0.121. The molecule has 0 unspecified atom stereocenters. The molecule has 0 aliphatic carbocycles. The zero-order valence-electron chi connectivity index (χ0n) is 23.8. The summed E-state index contributed by atoms with van der Waals surface area (Å²) >= 11 is 6.28. The Balaban J connectivity index is 0.951. The Morgan fingerprint density at radius 3 is 2.55 bits per heavy atom. The van der Waals surface area contributed by atoms with Gasteiger partial charge in [0, 0.05) is 48.4 Å². The van der Waals surface area contributed by atoms with E-state index in [0.29, 0.717) is 12.5 Å². The molecular formula is C34H37ClN6O. The van der Waals surface area contributed by atoms with Crippen molar-refractivity contribution >= 4 is 44.9 Å². The number of fused-ring (bicyclic) bond motifs is 2. The number of hydrogen-bond acceptors (Lipinski definition) is 7. The molecule has 3 heterocycles. The predicted molar refractivity (Wildman–Crippen MR) is 173 cm³/mol. The van der Waals surface area contributed by atoms with Crippen LogP contribution < -0.4 is 15.4 Å².